The van der Waals surface area contributed by atoms with E-state index in [0.717, 1.165) is 10.6 Å². The first-order chi connectivity index (χ1) is 8.97. The third kappa shape index (κ3) is 3.30. The van der Waals surface area contributed by atoms with Crippen molar-refractivity contribution in [2.45, 2.75) is 12.8 Å². The number of hydrogen-bond acceptors (Lipinski definition) is 4. The molecule has 0 aromatic carbocycles. The number of ether oxygens (including phenoxy) is 1. The summed E-state index contributed by atoms with van der Waals surface area (Å²) < 4.78 is 43.1. The molecule has 2 aromatic heterocycles. The minimum absolute atomic E-state index is 0.0169. The lowest BCUT2D eigenvalue weighted by Gasteiger charge is -2.08. The van der Waals surface area contributed by atoms with Gasteiger partial charge in [-0.15, -0.1) is 0 Å². The first-order valence-corrected chi connectivity index (χ1v) is 5.15. The Balaban J connectivity index is 2.02. The Kier molecular flexibility index (Phi) is 3.50. The summed E-state index contributed by atoms with van der Waals surface area (Å²) in [5, 5.41) is 0. The molecule has 0 aliphatic carbocycles. The van der Waals surface area contributed by atoms with Crippen LogP contribution in [0.3, 0.4) is 0 Å². The maximum atomic E-state index is 12.4. The molecule has 0 N–H and O–H groups in total. The summed E-state index contributed by atoms with van der Waals surface area (Å²) in [6.07, 6.45) is -1.30. The summed E-state index contributed by atoms with van der Waals surface area (Å²) >= 11 is 0. The molecule has 100 valence electrons. The number of carbonyl (C=O) groups is 1. The molecule has 0 atom stereocenters. The van der Waals surface area contributed by atoms with Gasteiger partial charge in [-0.1, -0.05) is 6.07 Å². The van der Waals surface area contributed by atoms with Crippen LogP contribution >= 0.6 is 0 Å². The summed E-state index contributed by atoms with van der Waals surface area (Å²) in [6, 6.07) is 3.40. The van der Waals surface area contributed by atoms with E-state index in [1.807, 2.05) is 0 Å². The molecule has 0 fully saturated rings. The second-order valence-corrected chi connectivity index (χ2v) is 3.54. The van der Waals surface area contributed by atoms with E-state index in [1.54, 1.807) is 0 Å². The molecule has 0 saturated heterocycles. The van der Waals surface area contributed by atoms with E-state index in [4.69, 9.17) is 4.74 Å². The molecule has 0 bridgehead atoms. The molecule has 19 heavy (non-hydrogen) atoms. The molecule has 0 aliphatic rings. The summed E-state index contributed by atoms with van der Waals surface area (Å²) in [5.41, 5.74) is -1.01. The molecule has 0 amide bonds. The smallest absolute Gasteiger partial charge is 0.433 e. The van der Waals surface area contributed by atoms with Gasteiger partial charge in [0.2, 0.25) is 0 Å². The normalized spacial score (nSPS) is 11.3. The maximum absolute atomic E-state index is 12.4. The van der Waals surface area contributed by atoms with Crippen LogP contribution in [0.1, 0.15) is 11.4 Å². The Labute approximate surface area is 105 Å². The fourth-order valence-corrected chi connectivity index (χ4v) is 1.30. The van der Waals surface area contributed by atoms with Gasteiger partial charge in [0, 0.05) is 12.4 Å². The van der Waals surface area contributed by atoms with E-state index in [2.05, 4.69) is 9.97 Å². The second-order valence-electron chi connectivity index (χ2n) is 3.54. The van der Waals surface area contributed by atoms with Crippen molar-refractivity contribution in [1.82, 2.24) is 14.5 Å². The average molecular weight is 271 g/mol. The first kappa shape index (κ1) is 13.1. The number of alkyl halides is 3. The zero-order chi connectivity index (χ0) is 13.9. The lowest BCUT2D eigenvalue weighted by atomic mass is 10.3. The Morgan fingerprint density at radius 1 is 1.37 bits per heavy atom. The molecule has 5 nitrogen and oxygen atoms in total. The molecular weight excluding hydrogens is 263 g/mol. The summed E-state index contributed by atoms with van der Waals surface area (Å²) in [4.78, 5) is 18.4. The van der Waals surface area contributed by atoms with Crippen LogP contribution in [0.25, 0.3) is 0 Å². The SMILES string of the molecule is O=C(OCc1cccc(C(F)(F)F)n1)n1ccnc1. The van der Waals surface area contributed by atoms with Gasteiger partial charge in [-0.2, -0.15) is 13.2 Å². The number of nitrogens with zero attached hydrogens (tertiary/aromatic N) is 3. The quantitative estimate of drug-likeness (QED) is 0.842. The highest BCUT2D eigenvalue weighted by Crippen LogP contribution is 2.27. The molecule has 0 radical (unpaired) electrons. The lowest BCUT2D eigenvalue weighted by molar-refractivity contribution is -0.141. The van der Waals surface area contributed by atoms with Gasteiger partial charge in [-0.05, 0) is 12.1 Å². The zero-order valence-corrected chi connectivity index (χ0v) is 9.46. The molecule has 2 heterocycles. The molecule has 0 saturated carbocycles. The van der Waals surface area contributed by atoms with Crippen LogP contribution in [-0.4, -0.2) is 20.6 Å². The first-order valence-electron chi connectivity index (χ1n) is 5.15. The van der Waals surface area contributed by atoms with Crippen LogP contribution in [0.15, 0.2) is 36.9 Å². The molecule has 8 heteroatoms. The van der Waals surface area contributed by atoms with Crippen molar-refractivity contribution >= 4 is 6.09 Å². The van der Waals surface area contributed by atoms with Gasteiger partial charge in [-0.25, -0.2) is 19.3 Å². The number of hydrogen-bond donors (Lipinski definition) is 0. The molecule has 0 unspecified atom stereocenters. The van der Waals surface area contributed by atoms with Crippen LogP contribution in [0, 0.1) is 0 Å². The van der Waals surface area contributed by atoms with E-state index in [9.17, 15) is 18.0 Å². The van der Waals surface area contributed by atoms with Gasteiger partial charge in [0.25, 0.3) is 0 Å². The van der Waals surface area contributed by atoms with Crippen molar-refractivity contribution in [1.29, 1.82) is 0 Å². The van der Waals surface area contributed by atoms with Gasteiger partial charge >= 0.3 is 12.3 Å². The fourth-order valence-electron chi connectivity index (χ4n) is 1.30. The number of aromatic nitrogens is 3. The van der Waals surface area contributed by atoms with Gasteiger partial charge in [0.1, 0.15) is 18.6 Å². The molecule has 0 aliphatic heterocycles. The number of pyridine rings is 1. The van der Waals surface area contributed by atoms with E-state index >= 15 is 0 Å². The Morgan fingerprint density at radius 3 is 2.79 bits per heavy atom. The highest BCUT2D eigenvalue weighted by Gasteiger charge is 2.32. The van der Waals surface area contributed by atoms with Crippen molar-refractivity contribution in [2.75, 3.05) is 0 Å². The van der Waals surface area contributed by atoms with Crippen molar-refractivity contribution in [3.05, 3.63) is 48.3 Å². The van der Waals surface area contributed by atoms with Crippen molar-refractivity contribution in [3.63, 3.8) is 0 Å². The van der Waals surface area contributed by atoms with Crippen LogP contribution in [0.2, 0.25) is 0 Å². The highest BCUT2D eigenvalue weighted by atomic mass is 19.4. The number of rotatable bonds is 2. The van der Waals surface area contributed by atoms with Crippen molar-refractivity contribution < 1.29 is 22.7 Å². The Bertz CT molecular complexity index is 567. The zero-order valence-electron chi connectivity index (χ0n) is 9.46. The third-order valence-corrected chi connectivity index (χ3v) is 2.16. The van der Waals surface area contributed by atoms with Crippen LogP contribution in [0.5, 0.6) is 0 Å². The second kappa shape index (κ2) is 5.09. The molecule has 2 rings (SSSR count). The minimum atomic E-state index is -4.52. The van der Waals surface area contributed by atoms with E-state index in [1.165, 1.54) is 30.9 Å². The van der Waals surface area contributed by atoms with Crippen LogP contribution < -0.4 is 0 Å². The Morgan fingerprint density at radius 2 is 2.16 bits per heavy atom. The largest absolute Gasteiger partial charge is 0.442 e. The average Bonchev–Trinajstić information content (AvgIpc) is 2.89. The third-order valence-electron chi connectivity index (χ3n) is 2.16. The van der Waals surface area contributed by atoms with Gasteiger partial charge in [-0.3, -0.25) is 0 Å². The van der Waals surface area contributed by atoms with Crippen molar-refractivity contribution in [2.24, 2.45) is 0 Å². The topological polar surface area (TPSA) is 57.0 Å². The molecular formula is C11H8F3N3O2. The van der Waals surface area contributed by atoms with E-state index in [-0.39, 0.29) is 12.3 Å². The maximum Gasteiger partial charge on any atom is 0.433 e. The van der Waals surface area contributed by atoms with E-state index in [0.29, 0.717) is 0 Å². The van der Waals surface area contributed by atoms with Crippen LogP contribution in [0.4, 0.5) is 18.0 Å². The van der Waals surface area contributed by atoms with Crippen LogP contribution in [-0.2, 0) is 17.5 Å². The lowest BCUT2D eigenvalue weighted by Crippen LogP contribution is -2.13. The Hall–Kier alpha value is -2.38. The predicted octanol–water partition coefficient (Wildman–Crippen LogP) is 2.48. The van der Waals surface area contributed by atoms with Gasteiger partial charge < -0.3 is 4.74 Å². The number of imidazole rings is 1. The number of halogens is 3. The van der Waals surface area contributed by atoms with Gasteiger partial charge in [0.05, 0.1) is 5.69 Å². The summed E-state index contributed by atoms with van der Waals surface area (Å²) in [6.45, 7) is -0.346. The standard InChI is InChI=1S/C11H8F3N3O2/c12-11(13,14)9-3-1-2-8(16-9)6-19-10(18)17-5-4-15-7-17/h1-5,7H,6H2. The predicted molar refractivity (Wildman–Crippen MR) is 57.0 cm³/mol. The molecule has 0 spiro atoms. The molecule has 2 aromatic rings. The summed E-state index contributed by atoms with van der Waals surface area (Å²) in [5.74, 6) is 0. The fraction of sp³-hybridized carbons (Fsp3) is 0.182. The van der Waals surface area contributed by atoms with Crippen molar-refractivity contribution in [3.8, 4) is 0 Å². The summed E-state index contributed by atoms with van der Waals surface area (Å²) in [7, 11) is 0. The van der Waals surface area contributed by atoms with E-state index < -0.39 is 18.0 Å². The number of carbonyl (C=O) groups excluding carboxylic acids is 1. The van der Waals surface area contributed by atoms with Gasteiger partial charge in [0.15, 0.2) is 0 Å². The monoisotopic (exact) mass is 271 g/mol. The minimum Gasteiger partial charge on any atom is -0.442 e. The highest BCUT2D eigenvalue weighted by molar-refractivity contribution is 5.69.